The highest BCUT2D eigenvalue weighted by molar-refractivity contribution is 7.80. The van der Waals surface area contributed by atoms with Crippen LogP contribution in [0.3, 0.4) is 0 Å². The Bertz CT molecular complexity index is 1160. The zero-order valence-electron chi connectivity index (χ0n) is 19.9. The first-order valence-electron chi connectivity index (χ1n) is 11.9. The Labute approximate surface area is 223 Å². The highest BCUT2D eigenvalue weighted by atomic mass is 35.5. The predicted octanol–water partition coefficient (Wildman–Crippen LogP) is 6.45. The van der Waals surface area contributed by atoms with Crippen molar-refractivity contribution in [1.82, 2.24) is 4.90 Å². The fourth-order valence-electron chi connectivity index (χ4n) is 4.51. The van der Waals surface area contributed by atoms with Crippen molar-refractivity contribution in [2.75, 3.05) is 37.7 Å². The van der Waals surface area contributed by atoms with E-state index in [0.717, 1.165) is 54.7 Å². The smallest absolute Gasteiger partial charge is 0.371 e. The quantitative estimate of drug-likeness (QED) is 0.232. The van der Waals surface area contributed by atoms with E-state index in [2.05, 4.69) is 14.8 Å². The Balaban J connectivity index is 1.24. The van der Waals surface area contributed by atoms with E-state index in [1.807, 2.05) is 24.3 Å². The summed E-state index contributed by atoms with van der Waals surface area (Å²) in [4.78, 5) is 19.4. The summed E-state index contributed by atoms with van der Waals surface area (Å²) in [7, 11) is 0. The number of ether oxygens (including phenoxy) is 1. The molecule has 2 aliphatic rings. The SMILES string of the molecule is O=[N+]([O-])c1ccc(N=C2CCC(OCC(=S)N3CCN(c4ccc(Cl)cc4)CC3)CC2)cc1C(F)(F)F. The number of hydrogen-bond donors (Lipinski definition) is 0. The Hall–Kier alpha value is -2.76. The third kappa shape index (κ3) is 7.18. The van der Waals surface area contributed by atoms with Crippen molar-refractivity contribution in [2.24, 2.45) is 4.99 Å². The summed E-state index contributed by atoms with van der Waals surface area (Å²) in [5.74, 6) is 0. The second-order valence-electron chi connectivity index (χ2n) is 8.99. The van der Waals surface area contributed by atoms with Gasteiger partial charge in [-0.15, -0.1) is 0 Å². The number of nitrogens with zero attached hydrogens (tertiary/aromatic N) is 4. The first-order valence-corrected chi connectivity index (χ1v) is 12.7. The van der Waals surface area contributed by atoms with Crippen LogP contribution < -0.4 is 4.90 Å². The van der Waals surface area contributed by atoms with E-state index in [1.54, 1.807) is 0 Å². The van der Waals surface area contributed by atoms with Crippen LogP contribution in [0.4, 0.5) is 30.2 Å². The average molecular weight is 555 g/mol. The van der Waals surface area contributed by atoms with Gasteiger partial charge in [-0.2, -0.15) is 13.2 Å². The molecule has 0 atom stereocenters. The Morgan fingerprint density at radius 1 is 1.11 bits per heavy atom. The van der Waals surface area contributed by atoms with E-state index in [4.69, 9.17) is 28.6 Å². The zero-order valence-corrected chi connectivity index (χ0v) is 21.5. The number of halogens is 4. The van der Waals surface area contributed by atoms with Gasteiger partial charge in [0, 0.05) is 48.7 Å². The summed E-state index contributed by atoms with van der Waals surface area (Å²) >= 11 is 11.6. The Kier molecular flexibility index (Phi) is 8.66. The second-order valence-corrected chi connectivity index (χ2v) is 9.90. The van der Waals surface area contributed by atoms with Crippen molar-refractivity contribution in [3.63, 3.8) is 0 Å². The van der Waals surface area contributed by atoms with Crippen molar-refractivity contribution in [3.8, 4) is 0 Å². The molecule has 0 spiro atoms. The Morgan fingerprint density at radius 3 is 2.35 bits per heavy atom. The minimum absolute atomic E-state index is 0.00477. The van der Waals surface area contributed by atoms with Gasteiger partial charge in [0.2, 0.25) is 0 Å². The van der Waals surface area contributed by atoms with E-state index >= 15 is 0 Å². The van der Waals surface area contributed by atoms with Gasteiger partial charge >= 0.3 is 6.18 Å². The third-order valence-electron chi connectivity index (χ3n) is 6.55. The van der Waals surface area contributed by atoms with E-state index < -0.39 is 22.4 Å². The number of nitro groups is 1. The van der Waals surface area contributed by atoms with Gasteiger partial charge in [-0.05, 0) is 62.1 Å². The van der Waals surface area contributed by atoms with Gasteiger partial charge in [-0.1, -0.05) is 23.8 Å². The summed E-state index contributed by atoms with van der Waals surface area (Å²) in [6, 6.07) is 10.6. The van der Waals surface area contributed by atoms with Gasteiger partial charge in [0.15, 0.2) is 0 Å². The molecule has 2 fully saturated rings. The van der Waals surface area contributed by atoms with Crippen LogP contribution in [-0.4, -0.2) is 59.4 Å². The molecule has 7 nitrogen and oxygen atoms in total. The van der Waals surface area contributed by atoms with Crippen LogP contribution in [0.1, 0.15) is 31.2 Å². The van der Waals surface area contributed by atoms with Crippen LogP contribution in [0.2, 0.25) is 5.02 Å². The monoisotopic (exact) mass is 554 g/mol. The molecule has 0 N–H and O–H groups in total. The molecule has 2 aromatic carbocycles. The van der Waals surface area contributed by atoms with Gasteiger partial charge in [-0.25, -0.2) is 0 Å². The summed E-state index contributed by atoms with van der Waals surface area (Å²) < 4.78 is 45.7. The minimum atomic E-state index is -4.83. The molecule has 0 amide bonds. The van der Waals surface area contributed by atoms with Gasteiger partial charge in [0.1, 0.15) is 10.6 Å². The molecule has 1 saturated carbocycles. The van der Waals surface area contributed by atoms with Gasteiger partial charge in [0.05, 0.1) is 23.3 Å². The number of hydrogen-bond acceptors (Lipinski definition) is 6. The van der Waals surface area contributed by atoms with Crippen LogP contribution in [0.25, 0.3) is 0 Å². The van der Waals surface area contributed by atoms with E-state index in [0.29, 0.717) is 37.3 Å². The number of aliphatic imine (C=N–C) groups is 1. The third-order valence-corrected chi connectivity index (χ3v) is 7.17. The number of benzene rings is 2. The van der Waals surface area contributed by atoms with Crippen LogP contribution in [0.15, 0.2) is 47.5 Å². The Morgan fingerprint density at radius 2 is 1.76 bits per heavy atom. The highest BCUT2D eigenvalue weighted by Gasteiger charge is 2.38. The maximum absolute atomic E-state index is 13.2. The number of rotatable bonds is 6. The van der Waals surface area contributed by atoms with Crippen LogP contribution >= 0.6 is 23.8 Å². The number of anilines is 1. The van der Waals surface area contributed by atoms with E-state index in [1.165, 1.54) is 6.07 Å². The van der Waals surface area contributed by atoms with Crippen LogP contribution in [-0.2, 0) is 10.9 Å². The fourth-order valence-corrected chi connectivity index (χ4v) is 4.89. The van der Waals surface area contributed by atoms with Crippen molar-refractivity contribution in [1.29, 1.82) is 0 Å². The number of piperazine rings is 1. The standard InChI is InChI=1S/C25H26ClF3N4O3S/c26-17-1-6-20(7-2-17)31-11-13-32(14-12-31)24(37)16-36-21-8-3-18(4-9-21)30-19-5-10-23(33(34)35)22(15-19)25(27,28)29/h1-2,5-7,10,15,21H,3-4,8-9,11-14,16H2. The van der Waals surface area contributed by atoms with E-state index in [9.17, 15) is 23.3 Å². The lowest BCUT2D eigenvalue weighted by molar-refractivity contribution is -0.388. The molecule has 0 unspecified atom stereocenters. The molecule has 1 aliphatic heterocycles. The largest absolute Gasteiger partial charge is 0.423 e. The summed E-state index contributed by atoms with van der Waals surface area (Å²) in [5.41, 5.74) is -0.321. The van der Waals surface area contributed by atoms with Crippen molar-refractivity contribution in [3.05, 3.63) is 63.2 Å². The van der Waals surface area contributed by atoms with Gasteiger partial charge in [0.25, 0.3) is 5.69 Å². The lowest BCUT2D eigenvalue weighted by Gasteiger charge is -2.37. The highest BCUT2D eigenvalue weighted by Crippen LogP contribution is 2.38. The maximum atomic E-state index is 13.2. The zero-order chi connectivity index (χ0) is 26.6. The lowest BCUT2D eigenvalue weighted by atomic mass is 9.95. The van der Waals surface area contributed by atoms with Crippen molar-refractivity contribution >= 4 is 51.6 Å². The molecule has 1 saturated heterocycles. The lowest BCUT2D eigenvalue weighted by Crippen LogP contribution is -2.49. The molecule has 0 bridgehead atoms. The molecule has 0 aromatic heterocycles. The fraction of sp³-hybridized carbons (Fsp3) is 0.440. The van der Waals surface area contributed by atoms with Crippen molar-refractivity contribution < 1.29 is 22.8 Å². The maximum Gasteiger partial charge on any atom is 0.423 e. The molecule has 2 aromatic rings. The van der Waals surface area contributed by atoms with Crippen LogP contribution in [0, 0.1) is 10.1 Å². The molecule has 198 valence electrons. The summed E-state index contributed by atoms with van der Waals surface area (Å²) in [5, 5.41) is 11.6. The minimum Gasteiger partial charge on any atom is -0.371 e. The predicted molar refractivity (Wildman–Crippen MR) is 141 cm³/mol. The number of alkyl halides is 3. The molecular formula is C25H26ClF3N4O3S. The number of thiocarbonyl (C=S) groups is 1. The first kappa shape index (κ1) is 27.3. The second kappa shape index (κ2) is 11.7. The summed E-state index contributed by atoms with van der Waals surface area (Å²) in [6.07, 6.45) is -2.30. The molecule has 0 radical (unpaired) electrons. The molecule has 37 heavy (non-hydrogen) atoms. The summed E-state index contributed by atoms with van der Waals surface area (Å²) in [6.45, 7) is 3.67. The van der Waals surface area contributed by atoms with Crippen LogP contribution in [0.5, 0.6) is 0 Å². The number of nitro benzene ring substituents is 1. The van der Waals surface area contributed by atoms with Gasteiger partial charge in [-0.3, -0.25) is 15.1 Å². The first-order chi connectivity index (χ1) is 17.6. The van der Waals surface area contributed by atoms with Crippen molar-refractivity contribution in [2.45, 2.75) is 38.0 Å². The normalized spacial score (nSPS) is 18.6. The molecule has 4 rings (SSSR count). The van der Waals surface area contributed by atoms with E-state index in [-0.39, 0.29) is 11.8 Å². The molecule has 12 heteroatoms. The molecular weight excluding hydrogens is 529 g/mol. The topological polar surface area (TPSA) is 71.2 Å². The average Bonchev–Trinajstić information content (AvgIpc) is 2.88. The molecule has 1 aliphatic carbocycles. The molecule has 1 heterocycles. The van der Waals surface area contributed by atoms with Gasteiger partial charge < -0.3 is 14.5 Å².